The lowest BCUT2D eigenvalue weighted by atomic mass is 9.99. The van der Waals surface area contributed by atoms with Crippen LogP contribution in [0.5, 0.6) is 5.75 Å². The van der Waals surface area contributed by atoms with Crippen LogP contribution in [0.3, 0.4) is 0 Å². The van der Waals surface area contributed by atoms with Gasteiger partial charge in [0.1, 0.15) is 11.4 Å². The molecule has 6 heteroatoms. The second kappa shape index (κ2) is 9.61. The number of carbonyl (C=O) groups excluding carboxylic acids is 2. The molecule has 1 aliphatic heterocycles. The van der Waals surface area contributed by atoms with Crippen molar-refractivity contribution < 1.29 is 14.3 Å². The van der Waals surface area contributed by atoms with E-state index in [0.717, 1.165) is 24.2 Å². The van der Waals surface area contributed by atoms with Crippen molar-refractivity contribution in [3.63, 3.8) is 0 Å². The largest absolute Gasteiger partial charge is 0.497 e. The Kier molecular flexibility index (Phi) is 6.94. The van der Waals surface area contributed by atoms with Gasteiger partial charge in [0.05, 0.1) is 7.11 Å². The monoisotopic (exact) mass is 412 g/mol. The van der Waals surface area contributed by atoms with Crippen LogP contribution in [0.2, 0.25) is 5.02 Å². The standard InChI is InChI=1S/C23H25ClN2O3/c1-16-11-13-26(14-12-16)23(28)21(15-17-3-9-20(29-2)10-4-17)25-22(27)18-5-7-19(24)8-6-18/h3-10,15-16H,11-14H2,1-2H3,(H,25,27)/b21-15+. The molecule has 0 bridgehead atoms. The summed E-state index contributed by atoms with van der Waals surface area (Å²) >= 11 is 5.90. The molecule has 2 aromatic carbocycles. The topological polar surface area (TPSA) is 58.6 Å². The van der Waals surface area contributed by atoms with Gasteiger partial charge in [0.25, 0.3) is 11.8 Å². The van der Waals surface area contributed by atoms with Crippen molar-refractivity contribution >= 4 is 29.5 Å². The molecule has 0 saturated carbocycles. The Morgan fingerprint density at radius 3 is 2.28 bits per heavy atom. The summed E-state index contributed by atoms with van der Waals surface area (Å²) in [6, 6.07) is 13.9. The number of halogens is 1. The van der Waals surface area contributed by atoms with Gasteiger partial charge in [-0.05, 0) is 66.8 Å². The lowest BCUT2D eigenvalue weighted by molar-refractivity contribution is -0.128. The molecule has 29 heavy (non-hydrogen) atoms. The number of benzene rings is 2. The van der Waals surface area contributed by atoms with Gasteiger partial charge in [0.15, 0.2) is 0 Å². The van der Waals surface area contributed by atoms with Crippen molar-refractivity contribution in [2.75, 3.05) is 20.2 Å². The Morgan fingerprint density at radius 2 is 1.69 bits per heavy atom. The highest BCUT2D eigenvalue weighted by Crippen LogP contribution is 2.19. The number of nitrogens with one attached hydrogen (secondary N) is 1. The molecule has 1 aliphatic rings. The SMILES string of the molecule is COc1ccc(/C=C(/NC(=O)c2ccc(Cl)cc2)C(=O)N2CCC(C)CC2)cc1. The van der Waals surface area contributed by atoms with Crippen LogP contribution in [-0.4, -0.2) is 36.9 Å². The maximum atomic E-state index is 13.2. The number of hydrogen-bond acceptors (Lipinski definition) is 3. The fourth-order valence-corrected chi connectivity index (χ4v) is 3.32. The fraction of sp³-hybridized carbons (Fsp3) is 0.304. The quantitative estimate of drug-likeness (QED) is 0.741. The van der Waals surface area contributed by atoms with E-state index < -0.39 is 0 Å². The van der Waals surface area contributed by atoms with Crippen LogP contribution in [-0.2, 0) is 4.79 Å². The zero-order valence-electron chi connectivity index (χ0n) is 16.7. The lowest BCUT2D eigenvalue weighted by Gasteiger charge is -2.31. The maximum absolute atomic E-state index is 13.2. The molecule has 0 aliphatic carbocycles. The van der Waals surface area contributed by atoms with Crippen molar-refractivity contribution in [2.24, 2.45) is 5.92 Å². The minimum Gasteiger partial charge on any atom is -0.497 e. The fourth-order valence-electron chi connectivity index (χ4n) is 3.20. The average molecular weight is 413 g/mol. The van der Waals surface area contributed by atoms with Gasteiger partial charge in [0, 0.05) is 23.7 Å². The normalized spacial score (nSPS) is 15.1. The molecule has 0 atom stereocenters. The van der Waals surface area contributed by atoms with E-state index in [1.54, 1.807) is 42.4 Å². The van der Waals surface area contributed by atoms with Crippen molar-refractivity contribution in [2.45, 2.75) is 19.8 Å². The summed E-state index contributed by atoms with van der Waals surface area (Å²) in [6.45, 7) is 3.58. The third kappa shape index (κ3) is 5.61. The number of hydrogen-bond donors (Lipinski definition) is 1. The van der Waals surface area contributed by atoms with Crippen molar-refractivity contribution in [1.29, 1.82) is 0 Å². The number of piperidine rings is 1. The predicted octanol–water partition coefficient (Wildman–Crippen LogP) is 4.38. The van der Waals surface area contributed by atoms with Gasteiger partial charge in [-0.3, -0.25) is 9.59 Å². The highest BCUT2D eigenvalue weighted by Gasteiger charge is 2.24. The number of ether oxygens (including phenoxy) is 1. The van der Waals surface area contributed by atoms with E-state index in [9.17, 15) is 9.59 Å². The Labute approximate surface area is 176 Å². The number of carbonyl (C=O) groups is 2. The molecule has 1 heterocycles. The number of rotatable bonds is 5. The molecule has 0 aromatic heterocycles. The van der Waals surface area contributed by atoms with E-state index in [1.807, 2.05) is 24.3 Å². The van der Waals surface area contributed by atoms with Crippen LogP contribution in [0.4, 0.5) is 0 Å². The van der Waals surface area contributed by atoms with Crippen LogP contribution in [0, 0.1) is 5.92 Å². The van der Waals surface area contributed by atoms with E-state index in [-0.39, 0.29) is 17.5 Å². The third-order valence-electron chi connectivity index (χ3n) is 5.08. The first kappa shape index (κ1) is 20.9. The van der Waals surface area contributed by atoms with Crippen LogP contribution in [0.15, 0.2) is 54.2 Å². The maximum Gasteiger partial charge on any atom is 0.270 e. The van der Waals surface area contributed by atoms with Crippen molar-refractivity contribution in [1.82, 2.24) is 10.2 Å². The van der Waals surface area contributed by atoms with Crippen LogP contribution in [0.25, 0.3) is 6.08 Å². The molecule has 1 fully saturated rings. The van der Waals surface area contributed by atoms with E-state index in [0.29, 0.717) is 29.6 Å². The Balaban J connectivity index is 1.85. The summed E-state index contributed by atoms with van der Waals surface area (Å²) < 4.78 is 5.18. The minimum atomic E-state index is -0.347. The van der Waals surface area contributed by atoms with Gasteiger partial charge in [-0.25, -0.2) is 0 Å². The van der Waals surface area contributed by atoms with Crippen molar-refractivity contribution in [3.8, 4) is 5.75 Å². The molecular weight excluding hydrogens is 388 g/mol. The van der Waals surface area contributed by atoms with E-state index in [4.69, 9.17) is 16.3 Å². The molecule has 2 aromatic rings. The molecule has 152 valence electrons. The molecule has 0 spiro atoms. The highest BCUT2D eigenvalue weighted by molar-refractivity contribution is 6.30. The van der Waals surface area contributed by atoms with E-state index in [2.05, 4.69) is 12.2 Å². The first-order valence-corrected chi connectivity index (χ1v) is 10.1. The summed E-state index contributed by atoms with van der Waals surface area (Å²) in [7, 11) is 1.60. The lowest BCUT2D eigenvalue weighted by Crippen LogP contribution is -2.42. The molecule has 2 amide bonds. The Morgan fingerprint density at radius 1 is 1.07 bits per heavy atom. The number of amides is 2. The van der Waals surface area contributed by atoms with Gasteiger partial charge in [-0.15, -0.1) is 0 Å². The Bertz CT molecular complexity index is 883. The Hall–Kier alpha value is -2.79. The summed E-state index contributed by atoms with van der Waals surface area (Å²) in [5.41, 5.74) is 1.50. The summed E-state index contributed by atoms with van der Waals surface area (Å²) in [5, 5.41) is 3.34. The number of methoxy groups -OCH3 is 1. The molecule has 1 N–H and O–H groups in total. The third-order valence-corrected chi connectivity index (χ3v) is 5.33. The van der Waals surface area contributed by atoms with E-state index in [1.165, 1.54) is 0 Å². The average Bonchev–Trinajstić information content (AvgIpc) is 2.74. The summed E-state index contributed by atoms with van der Waals surface area (Å²) in [4.78, 5) is 27.7. The zero-order valence-corrected chi connectivity index (χ0v) is 17.4. The molecule has 0 unspecified atom stereocenters. The molecule has 0 radical (unpaired) electrons. The summed E-state index contributed by atoms with van der Waals surface area (Å²) in [5.74, 6) is 0.817. The zero-order chi connectivity index (χ0) is 20.8. The summed E-state index contributed by atoms with van der Waals surface area (Å²) in [6.07, 6.45) is 3.63. The van der Waals surface area contributed by atoms with Crippen molar-refractivity contribution in [3.05, 3.63) is 70.4 Å². The van der Waals surface area contributed by atoms with Gasteiger partial charge < -0.3 is 15.0 Å². The highest BCUT2D eigenvalue weighted by atomic mass is 35.5. The van der Waals surface area contributed by atoms with Crippen LogP contribution >= 0.6 is 11.6 Å². The molecule has 3 rings (SSSR count). The van der Waals surface area contributed by atoms with Crippen LogP contribution < -0.4 is 10.1 Å². The molecule has 1 saturated heterocycles. The first-order chi connectivity index (χ1) is 14.0. The van der Waals surface area contributed by atoms with Gasteiger partial charge in [-0.1, -0.05) is 30.7 Å². The first-order valence-electron chi connectivity index (χ1n) is 9.68. The number of nitrogens with zero attached hydrogens (tertiary/aromatic N) is 1. The predicted molar refractivity (Wildman–Crippen MR) is 115 cm³/mol. The van der Waals surface area contributed by atoms with Gasteiger partial charge >= 0.3 is 0 Å². The number of likely N-dealkylation sites (tertiary alicyclic amines) is 1. The molecule has 5 nitrogen and oxygen atoms in total. The minimum absolute atomic E-state index is 0.171. The molecular formula is C23H25ClN2O3. The second-order valence-corrected chi connectivity index (χ2v) is 7.70. The van der Waals surface area contributed by atoms with Crippen LogP contribution in [0.1, 0.15) is 35.7 Å². The smallest absolute Gasteiger partial charge is 0.270 e. The second-order valence-electron chi connectivity index (χ2n) is 7.27. The van der Waals surface area contributed by atoms with E-state index >= 15 is 0 Å². The van der Waals surface area contributed by atoms with Gasteiger partial charge in [-0.2, -0.15) is 0 Å². The van der Waals surface area contributed by atoms with Gasteiger partial charge in [0.2, 0.25) is 0 Å².